The molecule has 0 spiro atoms. The Bertz CT molecular complexity index is 2430. The lowest BCUT2D eigenvalue weighted by molar-refractivity contribution is -0.139. The van der Waals surface area contributed by atoms with Crippen LogP contribution in [0.4, 0.5) is 0 Å². The van der Waals surface area contributed by atoms with Crippen molar-refractivity contribution in [2.75, 3.05) is 59.4 Å². The average molecular weight is 828 g/mol. The number of carbonyl (C=O) groups excluding carboxylic acids is 2. The number of amides is 2. The molecule has 4 saturated heterocycles. The van der Waals surface area contributed by atoms with Gasteiger partial charge >= 0.3 is 0 Å². The van der Waals surface area contributed by atoms with E-state index in [1.165, 1.54) is 0 Å². The quantitative estimate of drug-likeness (QED) is 0.135. The number of nitrogens with one attached hydrogen (secondary N) is 2. The van der Waals surface area contributed by atoms with Crippen molar-refractivity contribution in [3.63, 3.8) is 0 Å². The third-order valence-corrected chi connectivity index (χ3v) is 13.7. The molecule has 6 heterocycles. The topological polar surface area (TPSA) is 108 Å². The van der Waals surface area contributed by atoms with Gasteiger partial charge in [-0.1, -0.05) is 109 Å². The van der Waals surface area contributed by atoms with Gasteiger partial charge in [-0.15, -0.1) is 0 Å². The number of likely N-dealkylation sites (N-methyl/N-ethyl adjacent to an activating group) is 1. The normalized spacial score (nSPS) is 21.1. The maximum atomic E-state index is 14.5. The van der Waals surface area contributed by atoms with Crippen LogP contribution in [0.3, 0.4) is 0 Å². The molecule has 0 aliphatic carbocycles. The minimum absolute atomic E-state index is 0.0624. The van der Waals surface area contributed by atoms with Gasteiger partial charge in [0.05, 0.1) is 35.9 Å². The van der Waals surface area contributed by atoms with Crippen LogP contribution >= 0.6 is 0 Å². The van der Waals surface area contributed by atoms with Crippen LogP contribution in [0.2, 0.25) is 0 Å². The summed E-state index contributed by atoms with van der Waals surface area (Å²) < 4.78 is 0. The van der Waals surface area contributed by atoms with E-state index in [2.05, 4.69) is 114 Å². The molecule has 2 aromatic heterocycles. The number of H-pyrrole nitrogens is 2. The number of rotatable bonds is 11. The molecule has 4 aliphatic rings. The second-order valence-electron chi connectivity index (χ2n) is 17.6. The van der Waals surface area contributed by atoms with Crippen LogP contribution in [0.5, 0.6) is 0 Å². The molecule has 2 unspecified atom stereocenters. The molecule has 10 rings (SSSR count). The van der Waals surface area contributed by atoms with E-state index >= 15 is 0 Å². The molecule has 2 N–H and O–H groups in total. The number of carbonyl (C=O) groups is 2. The van der Waals surface area contributed by atoms with Crippen LogP contribution in [0.1, 0.15) is 85.5 Å². The van der Waals surface area contributed by atoms with Crippen molar-refractivity contribution in [2.45, 2.75) is 62.7 Å². The van der Waals surface area contributed by atoms with Gasteiger partial charge in [-0.3, -0.25) is 19.4 Å². The molecule has 0 bridgehead atoms. The van der Waals surface area contributed by atoms with Gasteiger partial charge in [0.25, 0.3) is 0 Å². The standard InChI is InChI=1S/C51H57N9O2/c1-56-30-32-58(33-31-56)47(41-14-6-3-7-15-41)51(62)60-29-11-17-45(60)49-53-35-43(55-49)39-24-20-37(21-25-39)36-18-22-38(23-19-36)42-34-52-48(54-42)44-16-10-28-59(44)50(61)46(57-26-8-9-27-57)40-12-4-2-5-13-40/h2-7,12-15,18-25,34-35,44-47H,8-11,16-17,26-33H2,1H3,(H,52,54)(H,53,55)/t44-,45-,46?,47?/m0/s1. The highest BCUT2D eigenvalue weighted by atomic mass is 16.2. The molecule has 11 heteroatoms. The molecule has 4 aromatic carbocycles. The van der Waals surface area contributed by atoms with E-state index in [1.807, 2.05) is 48.8 Å². The summed E-state index contributed by atoms with van der Waals surface area (Å²) in [6.07, 6.45) is 9.81. The van der Waals surface area contributed by atoms with Crippen LogP contribution in [0.25, 0.3) is 33.6 Å². The number of benzene rings is 4. The molecule has 4 aliphatic heterocycles. The second-order valence-corrected chi connectivity index (χ2v) is 17.6. The minimum atomic E-state index is -0.295. The highest BCUT2D eigenvalue weighted by molar-refractivity contribution is 5.85. The number of imidazole rings is 2. The zero-order valence-corrected chi connectivity index (χ0v) is 35.7. The Balaban J connectivity index is 0.803. The smallest absolute Gasteiger partial charge is 0.245 e. The van der Waals surface area contributed by atoms with Gasteiger partial charge in [0.1, 0.15) is 23.7 Å². The molecule has 2 amide bonds. The molecule has 4 atom stereocenters. The summed E-state index contributed by atoms with van der Waals surface area (Å²) in [6.45, 7) is 7.05. The van der Waals surface area contributed by atoms with Gasteiger partial charge in [-0.2, -0.15) is 0 Å². The minimum Gasteiger partial charge on any atom is -0.340 e. The predicted octanol–water partition coefficient (Wildman–Crippen LogP) is 8.29. The molecule has 0 radical (unpaired) electrons. The SMILES string of the molecule is CN1CCN(C(C(=O)N2CCC[C@H]2c2ncc(-c3ccc(-c4ccc(-c5cnc([C@@H]6CCCN6C(=O)C(c6ccccc6)N6CCCC6)[nH]5)cc4)cc3)[nH]2)c2ccccc2)CC1. The van der Waals surface area contributed by atoms with Crippen molar-refractivity contribution in [3.8, 4) is 33.6 Å². The third kappa shape index (κ3) is 8.12. The van der Waals surface area contributed by atoms with Gasteiger partial charge in [-0.05, 0) is 92.0 Å². The Hall–Kier alpha value is -5.88. The van der Waals surface area contributed by atoms with Crippen LogP contribution in [0.15, 0.2) is 122 Å². The van der Waals surface area contributed by atoms with Gasteiger partial charge in [0.2, 0.25) is 11.8 Å². The van der Waals surface area contributed by atoms with Crippen LogP contribution in [0, 0.1) is 0 Å². The average Bonchev–Trinajstić information content (AvgIpc) is 4.18. The summed E-state index contributed by atoms with van der Waals surface area (Å²) in [6, 6.07) is 37.0. The maximum Gasteiger partial charge on any atom is 0.245 e. The summed E-state index contributed by atoms with van der Waals surface area (Å²) in [5.41, 5.74) is 8.40. The predicted molar refractivity (Wildman–Crippen MR) is 243 cm³/mol. The fourth-order valence-corrected chi connectivity index (χ4v) is 10.3. The maximum absolute atomic E-state index is 14.5. The van der Waals surface area contributed by atoms with Crippen LogP contribution < -0.4 is 0 Å². The Morgan fingerprint density at radius 3 is 1.34 bits per heavy atom. The first-order valence-electron chi connectivity index (χ1n) is 22.7. The van der Waals surface area contributed by atoms with Crippen molar-refractivity contribution in [2.24, 2.45) is 0 Å². The number of piperazine rings is 1. The zero-order chi connectivity index (χ0) is 42.0. The lowest BCUT2D eigenvalue weighted by Crippen LogP contribution is -2.50. The number of hydrogen-bond acceptors (Lipinski definition) is 7. The first-order chi connectivity index (χ1) is 30.5. The second kappa shape index (κ2) is 17.8. The third-order valence-electron chi connectivity index (χ3n) is 13.7. The van der Waals surface area contributed by atoms with E-state index in [-0.39, 0.29) is 36.0 Å². The fourth-order valence-electron chi connectivity index (χ4n) is 10.3. The number of hydrogen-bond donors (Lipinski definition) is 2. The van der Waals surface area contributed by atoms with Crippen LogP contribution in [-0.2, 0) is 9.59 Å². The molecule has 6 aromatic rings. The summed E-state index contributed by atoms with van der Waals surface area (Å²) in [4.78, 5) is 56.8. The Kier molecular flexibility index (Phi) is 11.6. The van der Waals surface area contributed by atoms with E-state index in [9.17, 15) is 9.59 Å². The van der Waals surface area contributed by atoms with Crippen molar-refractivity contribution in [1.29, 1.82) is 0 Å². The fraction of sp³-hybridized carbons (Fsp3) is 0.373. The number of aromatic amines is 2. The van der Waals surface area contributed by atoms with Crippen molar-refractivity contribution in [3.05, 3.63) is 144 Å². The Morgan fingerprint density at radius 2 is 0.903 bits per heavy atom. The molecule has 11 nitrogen and oxygen atoms in total. The first kappa shape index (κ1) is 40.2. The molecule has 0 saturated carbocycles. The Labute approximate surface area is 364 Å². The van der Waals surface area contributed by atoms with Gasteiger partial charge < -0.3 is 24.7 Å². The van der Waals surface area contributed by atoms with Gasteiger partial charge in [0.15, 0.2) is 0 Å². The molecular weight excluding hydrogens is 771 g/mol. The van der Waals surface area contributed by atoms with Gasteiger partial charge in [-0.25, -0.2) is 9.97 Å². The molecule has 4 fully saturated rings. The largest absolute Gasteiger partial charge is 0.340 e. The monoisotopic (exact) mass is 827 g/mol. The number of likely N-dealkylation sites (tertiary alicyclic amines) is 3. The first-order valence-corrected chi connectivity index (χ1v) is 22.7. The summed E-state index contributed by atoms with van der Waals surface area (Å²) >= 11 is 0. The number of aromatic nitrogens is 4. The van der Waals surface area contributed by atoms with E-state index in [4.69, 9.17) is 9.97 Å². The Morgan fingerprint density at radius 1 is 0.500 bits per heavy atom. The van der Waals surface area contributed by atoms with Crippen molar-refractivity contribution < 1.29 is 9.59 Å². The summed E-state index contributed by atoms with van der Waals surface area (Å²) in [7, 11) is 2.15. The van der Waals surface area contributed by atoms with E-state index in [0.717, 1.165) is 147 Å². The van der Waals surface area contributed by atoms with Gasteiger partial charge in [0, 0.05) is 39.3 Å². The molecule has 318 valence electrons. The van der Waals surface area contributed by atoms with Crippen LogP contribution in [-0.4, -0.2) is 116 Å². The van der Waals surface area contributed by atoms with E-state index in [0.29, 0.717) is 0 Å². The lowest BCUT2D eigenvalue weighted by atomic mass is 10.0. The summed E-state index contributed by atoms with van der Waals surface area (Å²) in [5, 5.41) is 0. The van der Waals surface area contributed by atoms with E-state index < -0.39 is 0 Å². The lowest BCUT2D eigenvalue weighted by Gasteiger charge is -2.39. The van der Waals surface area contributed by atoms with E-state index in [1.54, 1.807) is 0 Å². The molecule has 62 heavy (non-hydrogen) atoms. The highest BCUT2D eigenvalue weighted by Gasteiger charge is 2.41. The van der Waals surface area contributed by atoms with Crippen molar-refractivity contribution in [1.82, 2.24) is 44.4 Å². The van der Waals surface area contributed by atoms with Crippen molar-refractivity contribution >= 4 is 11.8 Å². The number of nitrogens with zero attached hydrogens (tertiary/aromatic N) is 7. The zero-order valence-electron chi connectivity index (χ0n) is 35.7. The molecular formula is C51H57N9O2. The summed E-state index contributed by atoms with van der Waals surface area (Å²) in [5.74, 6) is 2.06. The highest BCUT2D eigenvalue weighted by Crippen LogP contribution is 2.38.